The maximum Gasteiger partial charge on any atom is 0.244 e. The van der Waals surface area contributed by atoms with E-state index in [1.807, 2.05) is 42.5 Å². The van der Waals surface area contributed by atoms with Crippen LogP contribution in [0.2, 0.25) is 0 Å². The normalized spacial score (nSPS) is 16.2. The molecule has 0 bridgehead atoms. The lowest BCUT2D eigenvalue weighted by Crippen LogP contribution is -2.45. The van der Waals surface area contributed by atoms with Crippen LogP contribution in [-0.4, -0.2) is 12.5 Å². The monoisotopic (exact) mass is 291 g/mol. The number of hydrogen-bond acceptors (Lipinski definition) is 1. The fourth-order valence-corrected chi connectivity index (χ4v) is 3.01. The maximum absolute atomic E-state index is 12.0. The number of carbonyl (C=O) groups excluding carboxylic acids is 1. The van der Waals surface area contributed by atoms with Gasteiger partial charge < -0.3 is 5.32 Å². The van der Waals surface area contributed by atoms with Gasteiger partial charge in [-0.3, -0.25) is 4.79 Å². The predicted molar refractivity (Wildman–Crippen MR) is 90.5 cm³/mol. The molecule has 0 atom stereocenters. The summed E-state index contributed by atoms with van der Waals surface area (Å²) >= 11 is 0. The molecule has 1 saturated carbocycles. The molecule has 2 heteroatoms. The molecule has 0 spiro atoms. The van der Waals surface area contributed by atoms with Crippen LogP contribution in [0.1, 0.15) is 30.4 Å². The van der Waals surface area contributed by atoms with Gasteiger partial charge in [-0.05, 0) is 30.0 Å². The molecule has 0 aromatic heterocycles. The quantitative estimate of drug-likeness (QED) is 0.831. The number of carbonyl (C=O) groups is 1. The number of hydrogen-bond donors (Lipinski definition) is 1. The van der Waals surface area contributed by atoms with Crippen LogP contribution < -0.4 is 5.32 Å². The highest BCUT2D eigenvalue weighted by Gasteiger charge is 2.38. The molecule has 0 heterocycles. The van der Waals surface area contributed by atoms with Crippen molar-refractivity contribution in [1.29, 1.82) is 0 Å². The molecule has 2 aromatic rings. The zero-order valence-corrected chi connectivity index (χ0v) is 12.7. The van der Waals surface area contributed by atoms with Crippen molar-refractivity contribution in [2.45, 2.75) is 24.7 Å². The lowest BCUT2D eigenvalue weighted by Gasteiger charge is -2.42. The first-order chi connectivity index (χ1) is 10.8. The highest BCUT2D eigenvalue weighted by atomic mass is 16.1. The number of rotatable bonds is 5. The highest BCUT2D eigenvalue weighted by molar-refractivity contribution is 5.91. The Morgan fingerprint density at radius 1 is 1.00 bits per heavy atom. The van der Waals surface area contributed by atoms with Gasteiger partial charge in [-0.2, -0.15) is 0 Å². The summed E-state index contributed by atoms with van der Waals surface area (Å²) in [6, 6.07) is 20.4. The highest BCUT2D eigenvalue weighted by Crippen LogP contribution is 2.43. The molecule has 1 aliphatic carbocycles. The minimum atomic E-state index is -0.0222. The summed E-state index contributed by atoms with van der Waals surface area (Å²) in [4.78, 5) is 12.0. The Labute approximate surface area is 131 Å². The minimum Gasteiger partial charge on any atom is -0.352 e. The van der Waals surface area contributed by atoms with Crippen molar-refractivity contribution in [3.05, 3.63) is 77.9 Å². The van der Waals surface area contributed by atoms with Crippen molar-refractivity contribution in [1.82, 2.24) is 5.32 Å². The van der Waals surface area contributed by atoms with Crippen molar-refractivity contribution in [3.8, 4) is 0 Å². The molecule has 2 nitrogen and oxygen atoms in total. The molecule has 0 unspecified atom stereocenters. The topological polar surface area (TPSA) is 29.1 Å². The molecule has 0 radical (unpaired) electrons. The molecule has 2 aromatic carbocycles. The van der Waals surface area contributed by atoms with Gasteiger partial charge in [0.25, 0.3) is 0 Å². The second-order valence-electron chi connectivity index (χ2n) is 5.96. The predicted octanol–water partition coefficient (Wildman–Crippen LogP) is 3.94. The van der Waals surface area contributed by atoms with E-state index in [4.69, 9.17) is 0 Å². The van der Waals surface area contributed by atoms with E-state index in [1.165, 1.54) is 12.0 Å². The summed E-state index contributed by atoms with van der Waals surface area (Å²) in [6.07, 6.45) is 7.02. The van der Waals surface area contributed by atoms with Crippen molar-refractivity contribution in [2.24, 2.45) is 0 Å². The fourth-order valence-electron chi connectivity index (χ4n) is 3.01. The third-order valence-corrected chi connectivity index (χ3v) is 4.52. The first-order valence-electron chi connectivity index (χ1n) is 7.85. The Hall–Kier alpha value is -2.35. The van der Waals surface area contributed by atoms with Crippen LogP contribution in [0.25, 0.3) is 6.08 Å². The molecule has 1 aliphatic rings. The maximum atomic E-state index is 12.0. The van der Waals surface area contributed by atoms with Crippen LogP contribution in [0, 0.1) is 0 Å². The first-order valence-corrected chi connectivity index (χ1v) is 7.85. The minimum absolute atomic E-state index is 0.0222. The summed E-state index contributed by atoms with van der Waals surface area (Å²) in [6.45, 7) is 0.717. The Morgan fingerprint density at radius 3 is 2.23 bits per heavy atom. The van der Waals surface area contributed by atoms with Gasteiger partial charge in [-0.25, -0.2) is 0 Å². The first kappa shape index (κ1) is 14.6. The van der Waals surface area contributed by atoms with E-state index >= 15 is 0 Å². The van der Waals surface area contributed by atoms with E-state index in [0.717, 1.165) is 24.9 Å². The van der Waals surface area contributed by atoms with Crippen LogP contribution in [0.4, 0.5) is 0 Å². The average Bonchev–Trinajstić information content (AvgIpc) is 2.54. The molecular formula is C20H21NO. The molecule has 1 fully saturated rings. The van der Waals surface area contributed by atoms with E-state index < -0.39 is 0 Å². The van der Waals surface area contributed by atoms with Crippen molar-refractivity contribution in [3.63, 3.8) is 0 Å². The summed E-state index contributed by atoms with van der Waals surface area (Å²) in [5.41, 5.74) is 2.52. The smallest absolute Gasteiger partial charge is 0.244 e. The van der Waals surface area contributed by atoms with Gasteiger partial charge in [0.2, 0.25) is 5.91 Å². The van der Waals surface area contributed by atoms with Gasteiger partial charge >= 0.3 is 0 Å². The molecule has 1 amide bonds. The molecule has 1 N–H and O–H groups in total. The molecule has 0 saturated heterocycles. The van der Waals surface area contributed by atoms with Crippen molar-refractivity contribution >= 4 is 12.0 Å². The molecule has 3 rings (SSSR count). The van der Waals surface area contributed by atoms with E-state index in [0.29, 0.717) is 0 Å². The van der Waals surface area contributed by atoms with Crippen molar-refractivity contribution in [2.75, 3.05) is 6.54 Å². The summed E-state index contributed by atoms with van der Waals surface area (Å²) in [7, 11) is 0. The number of nitrogens with one attached hydrogen (secondary N) is 1. The Balaban J connectivity index is 1.59. The second-order valence-corrected chi connectivity index (χ2v) is 5.96. The summed E-state index contributed by atoms with van der Waals surface area (Å²) in [5, 5.41) is 3.07. The van der Waals surface area contributed by atoms with Gasteiger partial charge in [0.1, 0.15) is 0 Å². The molecule has 112 valence electrons. The molecule has 0 aliphatic heterocycles. The lowest BCUT2D eigenvalue weighted by atomic mass is 9.64. The van der Waals surface area contributed by atoms with E-state index in [9.17, 15) is 4.79 Å². The van der Waals surface area contributed by atoms with Crippen molar-refractivity contribution < 1.29 is 4.79 Å². The lowest BCUT2D eigenvalue weighted by molar-refractivity contribution is -0.116. The van der Waals surface area contributed by atoms with Crippen LogP contribution in [0.3, 0.4) is 0 Å². The van der Waals surface area contributed by atoms with E-state index in [2.05, 4.69) is 29.6 Å². The molecular weight excluding hydrogens is 270 g/mol. The summed E-state index contributed by atoms with van der Waals surface area (Å²) in [5.74, 6) is -0.0222. The van der Waals surface area contributed by atoms with Gasteiger partial charge in [-0.15, -0.1) is 0 Å². The largest absolute Gasteiger partial charge is 0.352 e. The molecule has 22 heavy (non-hydrogen) atoms. The van der Waals surface area contributed by atoms with E-state index in [-0.39, 0.29) is 11.3 Å². The van der Waals surface area contributed by atoms with Crippen LogP contribution in [-0.2, 0) is 10.2 Å². The van der Waals surface area contributed by atoms with E-state index in [1.54, 1.807) is 6.08 Å². The second kappa shape index (κ2) is 6.61. The SMILES string of the molecule is O=C(C=Cc1ccccc1)NCC1(c2ccccc2)CCC1. The fraction of sp³-hybridized carbons (Fsp3) is 0.250. The summed E-state index contributed by atoms with van der Waals surface area (Å²) < 4.78 is 0. The van der Waals surface area contributed by atoms with Crippen LogP contribution in [0.15, 0.2) is 66.7 Å². The van der Waals surface area contributed by atoms with Gasteiger partial charge in [0, 0.05) is 18.0 Å². The van der Waals surface area contributed by atoms with Gasteiger partial charge in [-0.1, -0.05) is 67.1 Å². The van der Waals surface area contributed by atoms with Gasteiger partial charge in [0.15, 0.2) is 0 Å². The average molecular weight is 291 g/mol. The van der Waals surface area contributed by atoms with Crippen LogP contribution >= 0.6 is 0 Å². The Kier molecular flexibility index (Phi) is 4.38. The number of benzene rings is 2. The zero-order chi connectivity index (χ0) is 15.3. The van der Waals surface area contributed by atoms with Gasteiger partial charge in [0.05, 0.1) is 0 Å². The standard InChI is InChI=1S/C20H21NO/c22-19(13-12-17-8-3-1-4-9-17)21-16-20(14-7-15-20)18-10-5-2-6-11-18/h1-6,8-13H,7,14-16H2,(H,21,22). The third kappa shape index (κ3) is 3.28. The number of amides is 1. The Bertz CT molecular complexity index is 642. The zero-order valence-electron chi connectivity index (χ0n) is 12.7. The Morgan fingerprint density at radius 2 is 1.64 bits per heavy atom. The third-order valence-electron chi connectivity index (χ3n) is 4.52. The van der Waals surface area contributed by atoms with Crippen LogP contribution in [0.5, 0.6) is 0 Å².